The predicted octanol–water partition coefficient (Wildman–Crippen LogP) is 5.76. The van der Waals surface area contributed by atoms with Crippen LogP contribution in [-0.4, -0.2) is 0 Å². The molecule has 0 saturated carbocycles. The highest BCUT2D eigenvalue weighted by Gasteiger charge is 2.08. The summed E-state index contributed by atoms with van der Waals surface area (Å²) in [4.78, 5) is 0. The van der Waals surface area contributed by atoms with Crippen molar-refractivity contribution in [2.75, 3.05) is 5.73 Å². The van der Waals surface area contributed by atoms with E-state index in [1.54, 1.807) is 0 Å². The Bertz CT molecular complexity index is 971. The van der Waals surface area contributed by atoms with Crippen LogP contribution in [0.1, 0.15) is 0 Å². The molecule has 0 aromatic heterocycles. The number of fused-ring (bicyclic) bond motifs is 1. The summed E-state index contributed by atoms with van der Waals surface area (Å²) >= 11 is 0. The molecular formula is C22H17N. The number of nitrogens with two attached hydrogens (primary N) is 1. The molecule has 0 bridgehead atoms. The fourth-order valence-corrected chi connectivity index (χ4v) is 3.03. The van der Waals surface area contributed by atoms with E-state index in [1.165, 1.54) is 33.0 Å². The maximum atomic E-state index is 6.03. The van der Waals surface area contributed by atoms with Gasteiger partial charge in [-0.15, -0.1) is 0 Å². The van der Waals surface area contributed by atoms with Gasteiger partial charge in [0.05, 0.1) is 0 Å². The third kappa shape index (κ3) is 2.58. The zero-order valence-electron chi connectivity index (χ0n) is 12.7. The molecule has 4 aromatic carbocycles. The zero-order valence-corrected chi connectivity index (χ0v) is 12.7. The number of hydrogen-bond donors (Lipinski definition) is 1. The molecule has 0 aliphatic rings. The van der Waals surface area contributed by atoms with Crippen molar-refractivity contribution >= 4 is 16.5 Å². The molecule has 2 N–H and O–H groups in total. The minimum atomic E-state index is 0.786. The molecule has 0 heterocycles. The first-order valence-corrected chi connectivity index (χ1v) is 7.75. The second kappa shape index (κ2) is 5.62. The first-order chi connectivity index (χ1) is 11.3. The van der Waals surface area contributed by atoms with Crippen molar-refractivity contribution in [1.29, 1.82) is 0 Å². The fraction of sp³-hybridized carbons (Fsp3) is 0. The highest BCUT2D eigenvalue weighted by molar-refractivity contribution is 5.92. The number of rotatable bonds is 2. The largest absolute Gasteiger partial charge is 0.399 e. The van der Waals surface area contributed by atoms with Crippen molar-refractivity contribution in [3.8, 4) is 22.3 Å². The predicted molar refractivity (Wildman–Crippen MR) is 99.2 cm³/mol. The van der Waals surface area contributed by atoms with E-state index in [0.29, 0.717) is 0 Å². The summed E-state index contributed by atoms with van der Waals surface area (Å²) in [6.45, 7) is 0. The SMILES string of the molecule is Nc1ccc(-c2ccc3ccccc3c2)c(-c2ccccc2)c1. The van der Waals surface area contributed by atoms with Crippen molar-refractivity contribution in [2.24, 2.45) is 0 Å². The van der Waals surface area contributed by atoms with Crippen molar-refractivity contribution in [3.05, 3.63) is 91.0 Å². The topological polar surface area (TPSA) is 26.0 Å². The molecule has 0 unspecified atom stereocenters. The summed E-state index contributed by atoms with van der Waals surface area (Å²) in [5.74, 6) is 0. The van der Waals surface area contributed by atoms with E-state index in [0.717, 1.165) is 5.69 Å². The molecule has 0 amide bonds. The van der Waals surface area contributed by atoms with Crippen molar-refractivity contribution < 1.29 is 0 Å². The minimum Gasteiger partial charge on any atom is -0.399 e. The lowest BCUT2D eigenvalue weighted by molar-refractivity contribution is 1.59. The van der Waals surface area contributed by atoms with Crippen LogP contribution >= 0.6 is 0 Å². The molecule has 0 aliphatic carbocycles. The van der Waals surface area contributed by atoms with Gasteiger partial charge in [0.25, 0.3) is 0 Å². The Morgan fingerprint density at radius 3 is 2.04 bits per heavy atom. The van der Waals surface area contributed by atoms with Gasteiger partial charge in [0.2, 0.25) is 0 Å². The average Bonchev–Trinajstić information content (AvgIpc) is 2.62. The molecule has 0 spiro atoms. The van der Waals surface area contributed by atoms with Crippen LogP contribution in [0.25, 0.3) is 33.0 Å². The lowest BCUT2D eigenvalue weighted by atomic mass is 9.93. The normalized spacial score (nSPS) is 10.8. The summed E-state index contributed by atoms with van der Waals surface area (Å²) in [6.07, 6.45) is 0. The van der Waals surface area contributed by atoms with Gasteiger partial charge in [0.15, 0.2) is 0 Å². The van der Waals surface area contributed by atoms with E-state index in [1.807, 2.05) is 12.1 Å². The molecule has 0 atom stereocenters. The Morgan fingerprint density at radius 2 is 1.22 bits per heavy atom. The molecule has 0 aliphatic heterocycles. The minimum absolute atomic E-state index is 0.786. The monoisotopic (exact) mass is 295 g/mol. The third-order valence-corrected chi connectivity index (χ3v) is 4.19. The van der Waals surface area contributed by atoms with E-state index >= 15 is 0 Å². The second-order valence-corrected chi connectivity index (χ2v) is 5.73. The third-order valence-electron chi connectivity index (χ3n) is 4.19. The summed E-state index contributed by atoms with van der Waals surface area (Å²) in [6, 6.07) is 31.6. The summed E-state index contributed by atoms with van der Waals surface area (Å²) < 4.78 is 0. The van der Waals surface area contributed by atoms with Gasteiger partial charge in [-0.2, -0.15) is 0 Å². The van der Waals surface area contributed by atoms with Gasteiger partial charge >= 0.3 is 0 Å². The molecule has 23 heavy (non-hydrogen) atoms. The van der Waals surface area contributed by atoms with Crippen LogP contribution in [0.3, 0.4) is 0 Å². The first kappa shape index (κ1) is 13.6. The maximum absolute atomic E-state index is 6.03. The van der Waals surface area contributed by atoms with Gasteiger partial charge in [0.1, 0.15) is 0 Å². The van der Waals surface area contributed by atoms with Crippen molar-refractivity contribution in [2.45, 2.75) is 0 Å². The molecule has 1 heteroatoms. The second-order valence-electron chi connectivity index (χ2n) is 5.73. The van der Waals surface area contributed by atoms with Crippen LogP contribution in [0.2, 0.25) is 0 Å². The highest BCUT2D eigenvalue weighted by atomic mass is 14.5. The van der Waals surface area contributed by atoms with Gasteiger partial charge in [0, 0.05) is 5.69 Å². The Kier molecular flexibility index (Phi) is 3.32. The van der Waals surface area contributed by atoms with E-state index in [4.69, 9.17) is 5.73 Å². The Balaban J connectivity index is 1.94. The lowest BCUT2D eigenvalue weighted by Gasteiger charge is -2.12. The smallest absolute Gasteiger partial charge is 0.0320 e. The van der Waals surface area contributed by atoms with Crippen LogP contribution in [-0.2, 0) is 0 Å². The zero-order chi connectivity index (χ0) is 15.6. The average molecular weight is 295 g/mol. The Morgan fingerprint density at radius 1 is 0.478 bits per heavy atom. The summed E-state index contributed by atoms with van der Waals surface area (Å²) in [7, 11) is 0. The van der Waals surface area contributed by atoms with E-state index < -0.39 is 0 Å². The molecule has 0 radical (unpaired) electrons. The lowest BCUT2D eigenvalue weighted by Crippen LogP contribution is -1.90. The molecule has 4 aromatic rings. The molecule has 110 valence electrons. The molecular weight excluding hydrogens is 278 g/mol. The number of benzene rings is 4. The number of nitrogen functional groups attached to an aromatic ring is 1. The van der Waals surface area contributed by atoms with Gasteiger partial charge in [-0.05, 0) is 51.2 Å². The van der Waals surface area contributed by atoms with Gasteiger partial charge in [-0.1, -0.05) is 72.8 Å². The van der Waals surface area contributed by atoms with Crippen LogP contribution in [0.15, 0.2) is 91.0 Å². The summed E-state index contributed by atoms with van der Waals surface area (Å²) in [5, 5.41) is 2.51. The van der Waals surface area contributed by atoms with Crippen LogP contribution in [0.5, 0.6) is 0 Å². The maximum Gasteiger partial charge on any atom is 0.0320 e. The van der Waals surface area contributed by atoms with Gasteiger partial charge in [-0.3, -0.25) is 0 Å². The van der Waals surface area contributed by atoms with Crippen LogP contribution in [0.4, 0.5) is 5.69 Å². The van der Waals surface area contributed by atoms with E-state index in [2.05, 4.69) is 78.9 Å². The van der Waals surface area contributed by atoms with E-state index in [9.17, 15) is 0 Å². The molecule has 1 nitrogen and oxygen atoms in total. The van der Waals surface area contributed by atoms with Gasteiger partial charge < -0.3 is 5.73 Å². The Labute approximate surface area is 136 Å². The number of hydrogen-bond acceptors (Lipinski definition) is 1. The highest BCUT2D eigenvalue weighted by Crippen LogP contribution is 2.34. The standard InChI is InChI=1S/C22H17N/c23-20-12-13-21(22(15-20)17-7-2-1-3-8-17)19-11-10-16-6-4-5-9-18(16)14-19/h1-15H,23H2. The van der Waals surface area contributed by atoms with Gasteiger partial charge in [-0.25, -0.2) is 0 Å². The summed E-state index contributed by atoms with van der Waals surface area (Å²) in [5.41, 5.74) is 11.6. The molecule has 0 saturated heterocycles. The van der Waals surface area contributed by atoms with Crippen molar-refractivity contribution in [1.82, 2.24) is 0 Å². The van der Waals surface area contributed by atoms with Crippen molar-refractivity contribution in [3.63, 3.8) is 0 Å². The molecule has 0 fully saturated rings. The van der Waals surface area contributed by atoms with Crippen LogP contribution in [0, 0.1) is 0 Å². The molecule has 4 rings (SSSR count). The van der Waals surface area contributed by atoms with Crippen LogP contribution < -0.4 is 5.73 Å². The quantitative estimate of drug-likeness (QED) is 0.468. The Hall–Kier alpha value is -3.06. The first-order valence-electron chi connectivity index (χ1n) is 7.75. The fourth-order valence-electron chi connectivity index (χ4n) is 3.03. The number of anilines is 1. The van der Waals surface area contributed by atoms with E-state index in [-0.39, 0.29) is 0 Å².